The van der Waals surface area contributed by atoms with Gasteiger partial charge >= 0.3 is 26.0 Å². The summed E-state index contributed by atoms with van der Waals surface area (Å²) < 4.78 is 45.0. The van der Waals surface area contributed by atoms with Crippen molar-refractivity contribution in [3.8, 4) is 0 Å². The third kappa shape index (κ3) is 13.9. The highest BCUT2D eigenvalue weighted by Gasteiger charge is 2.31. The van der Waals surface area contributed by atoms with E-state index in [-0.39, 0.29) is 39.6 Å². The molecule has 15 heteroatoms. The molecule has 2 aromatic rings. The van der Waals surface area contributed by atoms with Gasteiger partial charge in [-0.05, 0) is 18.1 Å². The first-order chi connectivity index (χ1) is 20.9. The number of carbonyl (C=O) groups is 3. The number of carbonyl (C=O) groups excluding carboxylic acids is 2. The molecule has 2 rings (SSSR count). The lowest BCUT2D eigenvalue weighted by Gasteiger charge is -2.28. The fourth-order valence-corrected chi connectivity index (χ4v) is 4.68. The van der Waals surface area contributed by atoms with Crippen LogP contribution in [0.2, 0.25) is 0 Å². The zero-order valence-electron chi connectivity index (χ0n) is 25.2. The molecule has 3 unspecified atom stereocenters. The van der Waals surface area contributed by atoms with Crippen LogP contribution in [0, 0.1) is 17.2 Å². The molecule has 0 spiro atoms. The quantitative estimate of drug-likeness (QED) is 0.0909. The van der Waals surface area contributed by atoms with Crippen molar-refractivity contribution in [2.75, 3.05) is 33.5 Å². The fraction of sp³-hybridized carbons (Fsp3) is 0.448. The Balaban J connectivity index is 1.88. The first-order valence-corrected chi connectivity index (χ1v) is 15.3. The minimum absolute atomic E-state index is 0.0363. The van der Waals surface area contributed by atoms with Crippen LogP contribution in [0.3, 0.4) is 0 Å². The normalized spacial score (nSPS) is 14.2. The highest BCUT2D eigenvalue weighted by atomic mass is 31.2. The largest absolute Gasteiger partial charge is 0.508 e. The average Bonchev–Trinajstić information content (AvgIpc) is 3.02. The summed E-state index contributed by atoms with van der Waals surface area (Å²) >= 11 is 0. The second-order valence-electron chi connectivity index (χ2n) is 10.1. The van der Waals surface area contributed by atoms with Gasteiger partial charge in [0.25, 0.3) is 0 Å². The SMILES string of the molecule is CC(COC(=O)OCc1ccccc1)COP(=O)(NC(=N)N(C)C(C)C(=O)O)OCC(C)COC(=O)OCc1ccccc1. The van der Waals surface area contributed by atoms with E-state index in [2.05, 4.69) is 5.09 Å². The smallest absolute Gasteiger partial charge is 0.480 e. The Morgan fingerprint density at radius 2 is 1.18 bits per heavy atom. The average molecular weight is 638 g/mol. The molecule has 0 saturated heterocycles. The van der Waals surface area contributed by atoms with Crippen LogP contribution in [0.5, 0.6) is 0 Å². The highest BCUT2D eigenvalue weighted by molar-refractivity contribution is 7.52. The Hall–Kier alpha value is -4.13. The number of hydrogen-bond donors (Lipinski definition) is 3. The molecule has 0 heterocycles. The molecular formula is C29H40N3O11P. The van der Waals surface area contributed by atoms with E-state index >= 15 is 0 Å². The summed E-state index contributed by atoms with van der Waals surface area (Å²) in [5.74, 6) is -2.67. The number of nitrogens with zero attached hydrogens (tertiary/aromatic N) is 1. The summed E-state index contributed by atoms with van der Waals surface area (Å²) in [6, 6.07) is 17.0. The molecule has 0 saturated carbocycles. The Bertz CT molecular complexity index is 1180. The van der Waals surface area contributed by atoms with Gasteiger partial charge in [0.2, 0.25) is 5.96 Å². The van der Waals surface area contributed by atoms with Gasteiger partial charge in [0, 0.05) is 18.9 Å². The molecule has 0 aliphatic carbocycles. The topological polar surface area (TPSA) is 183 Å². The van der Waals surface area contributed by atoms with Gasteiger partial charge < -0.3 is 29.0 Å². The Morgan fingerprint density at radius 1 is 0.773 bits per heavy atom. The number of ether oxygens (including phenoxy) is 4. The molecule has 44 heavy (non-hydrogen) atoms. The minimum atomic E-state index is -4.26. The lowest BCUT2D eigenvalue weighted by atomic mass is 10.2. The maximum absolute atomic E-state index is 13.6. The second-order valence-corrected chi connectivity index (χ2v) is 11.8. The van der Waals surface area contributed by atoms with Crippen molar-refractivity contribution >= 4 is 32.0 Å². The monoisotopic (exact) mass is 637 g/mol. The van der Waals surface area contributed by atoms with Crippen LogP contribution in [-0.2, 0) is 50.6 Å². The van der Waals surface area contributed by atoms with Crippen molar-refractivity contribution in [1.29, 1.82) is 5.41 Å². The first kappa shape index (κ1) is 36.1. The number of hydrogen-bond acceptors (Lipinski definition) is 11. The highest BCUT2D eigenvalue weighted by Crippen LogP contribution is 2.44. The molecule has 0 bridgehead atoms. The molecule has 14 nitrogen and oxygen atoms in total. The number of benzene rings is 2. The number of carboxylic acids is 1. The molecule has 0 fully saturated rings. The van der Waals surface area contributed by atoms with Gasteiger partial charge in [-0.3, -0.25) is 19.5 Å². The van der Waals surface area contributed by atoms with Crippen LogP contribution < -0.4 is 5.09 Å². The zero-order chi connectivity index (χ0) is 32.5. The molecule has 0 radical (unpaired) electrons. The third-order valence-corrected chi connectivity index (χ3v) is 7.43. The van der Waals surface area contributed by atoms with Crippen LogP contribution in [-0.4, -0.2) is 73.8 Å². The molecule has 0 aliphatic rings. The van der Waals surface area contributed by atoms with Crippen LogP contribution >= 0.6 is 7.75 Å². The summed E-state index contributed by atoms with van der Waals surface area (Å²) in [6.07, 6.45) is -1.78. The fourth-order valence-electron chi connectivity index (χ4n) is 3.15. The van der Waals surface area contributed by atoms with Gasteiger partial charge in [0.1, 0.15) is 19.3 Å². The molecule has 0 aromatic heterocycles. The van der Waals surface area contributed by atoms with E-state index in [1.54, 1.807) is 38.1 Å². The van der Waals surface area contributed by atoms with Crippen molar-refractivity contribution in [3.05, 3.63) is 71.8 Å². The maximum atomic E-state index is 13.6. The van der Waals surface area contributed by atoms with Crippen LogP contribution in [0.25, 0.3) is 0 Å². The Labute approximate surface area is 256 Å². The zero-order valence-corrected chi connectivity index (χ0v) is 26.1. The third-order valence-electron chi connectivity index (χ3n) is 5.96. The number of rotatable bonds is 17. The summed E-state index contributed by atoms with van der Waals surface area (Å²) in [5.41, 5.74) is 1.58. The van der Waals surface area contributed by atoms with Gasteiger partial charge in [0.15, 0.2) is 0 Å². The minimum Gasteiger partial charge on any atom is -0.480 e. The van der Waals surface area contributed by atoms with E-state index in [1.807, 2.05) is 36.4 Å². The van der Waals surface area contributed by atoms with Crippen molar-refractivity contribution in [2.45, 2.75) is 40.0 Å². The van der Waals surface area contributed by atoms with Gasteiger partial charge in [-0.2, -0.15) is 0 Å². The number of carboxylic acid groups (broad SMARTS) is 1. The molecule has 0 amide bonds. The van der Waals surface area contributed by atoms with E-state index in [9.17, 15) is 24.1 Å². The molecule has 3 atom stereocenters. The number of nitrogens with one attached hydrogen (secondary N) is 2. The Morgan fingerprint density at radius 3 is 1.57 bits per heavy atom. The standard InChI is InChI=1S/C29H40N3O11P/c1-21(15-38-28(35)40-19-24-11-7-5-8-12-24)17-42-44(37,31-27(30)32(4)23(3)26(33)34)43-18-22(2)16-39-29(36)41-20-25-13-9-6-10-14-25/h5-14,21-23H,15-20H2,1-4H3,(H,33,34)(H2,30,31,37). The predicted molar refractivity (Wildman–Crippen MR) is 159 cm³/mol. The lowest BCUT2D eigenvalue weighted by Crippen LogP contribution is -2.45. The van der Waals surface area contributed by atoms with Crippen LogP contribution in [0.4, 0.5) is 9.59 Å². The van der Waals surface area contributed by atoms with Gasteiger partial charge in [-0.15, -0.1) is 0 Å². The van der Waals surface area contributed by atoms with E-state index in [0.717, 1.165) is 16.0 Å². The van der Waals surface area contributed by atoms with Gasteiger partial charge in [-0.25, -0.2) is 18.9 Å². The molecule has 3 N–H and O–H groups in total. The second kappa shape index (κ2) is 18.5. The van der Waals surface area contributed by atoms with Crippen molar-refractivity contribution in [1.82, 2.24) is 9.99 Å². The van der Waals surface area contributed by atoms with Crippen molar-refractivity contribution in [2.24, 2.45) is 11.8 Å². The Kier molecular flexibility index (Phi) is 15.2. The summed E-state index contributed by atoms with van der Waals surface area (Å²) in [7, 11) is -2.93. The lowest BCUT2D eigenvalue weighted by molar-refractivity contribution is -0.140. The molecule has 2 aromatic carbocycles. The van der Waals surface area contributed by atoms with Gasteiger partial charge in [0.05, 0.1) is 26.4 Å². The summed E-state index contributed by atoms with van der Waals surface area (Å²) in [6.45, 7) is 4.04. The van der Waals surface area contributed by atoms with Gasteiger partial charge in [-0.1, -0.05) is 74.5 Å². The molecule has 242 valence electrons. The predicted octanol–water partition coefficient (Wildman–Crippen LogP) is 5.04. The van der Waals surface area contributed by atoms with E-state index < -0.39 is 49.9 Å². The summed E-state index contributed by atoms with van der Waals surface area (Å²) in [5, 5.41) is 19.8. The van der Waals surface area contributed by atoms with Crippen LogP contribution in [0.1, 0.15) is 31.9 Å². The van der Waals surface area contributed by atoms with E-state index in [4.69, 9.17) is 33.4 Å². The summed E-state index contributed by atoms with van der Waals surface area (Å²) in [4.78, 5) is 36.3. The first-order valence-electron chi connectivity index (χ1n) is 13.8. The number of guanidine groups is 1. The van der Waals surface area contributed by atoms with E-state index in [1.165, 1.54) is 14.0 Å². The van der Waals surface area contributed by atoms with Crippen LogP contribution in [0.15, 0.2) is 60.7 Å². The van der Waals surface area contributed by atoms with Crippen molar-refractivity contribution in [3.63, 3.8) is 0 Å². The molecular weight excluding hydrogens is 597 g/mol. The van der Waals surface area contributed by atoms with Crippen molar-refractivity contribution < 1.29 is 52.1 Å². The molecule has 0 aliphatic heterocycles. The maximum Gasteiger partial charge on any atom is 0.508 e. The number of aliphatic carboxylic acids is 1. The number of likely N-dealkylation sites (N-methyl/N-ethyl adjacent to an activating group) is 1. The van der Waals surface area contributed by atoms with E-state index in [0.29, 0.717) is 0 Å².